The Hall–Kier alpha value is -2.73. The molecule has 0 bridgehead atoms. The monoisotopic (exact) mass is 400 g/mol. The van der Waals surface area contributed by atoms with Gasteiger partial charge in [-0.15, -0.1) is 0 Å². The number of benzene rings is 2. The van der Waals surface area contributed by atoms with Crippen molar-refractivity contribution in [3.05, 3.63) is 58.6 Å². The third-order valence-electron chi connectivity index (χ3n) is 4.62. The van der Waals surface area contributed by atoms with Gasteiger partial charge in [0.25, 0.3) is 0 Å². The molecule has 0 spiro atoms. The van der Waals surface area contributed by atoms with Crippen LogP contribution in [0.15, 0.2) is 47.5 Å². The molecule has 7 heteroatoms. The molecule has 2 aromatic rings. The SMILES string of the molecule is CCOc1cc(Cl)ccc1CNC(=NC)NCC1CC(=O)Nc2ccccc21. The van der Waals surface area contributed by atoms with Gasteiger partial charge in [0, 0.05) is 48.7 Å². The van der Waals surface area contributed by atoms with Crippen molar-refractivity contribution in [2.24, 2.45) is 4.99 Å². The number of fused-ring (bicyclic) bond motifs is 1. The molecule has 28 heavy (non-hydrogen) atoms. The number of para-hydroxylation sites is 1. The molecule has 148 valence electrons. The summed E-state index contributed by atoms with van der Waals surface area (Å²) in [4.78, 5) is 16.3. The number of amides is 1. The smallest absolute Gasteiger partial charge is 0.225 e. The summed E-state index contributed by atoms with van der Waals surface area (Å²) in [7, 11) is 1.72. The van der Waals surface area contributed by atoms with Crippen LogP contribution in [0.3, 0.4) is 0 Å². The van der Waals surface area contributed by atoms with Gasteiger partial charge in [-0.2, -0.15) is 0 Å². The van der Waals surface area contributed by atoms with Crippen LogP contribution in [0.2, 0.25) is 5.02 Å². The van der Waals surface area contributed by atoms with Crippen LogP contribution in [-0.2, 0) is 11.3 Å². The zero-order valence-electron chi connectivity index (χ0n) is 16.1. The number of carbonyl (C=O) groups is 1. The van der Waals surface area contributed by atoms with Crippen LogP contribution >= 0.6 is 11.6 Å². The second-order valence-electron chi connectivity index (χ2n) is 6.53. The van der Waals surface area contributed by atoms with Crippen molar-refractivity contribution in [1.29, 1.82) is 0 Å². The fourth-order valence-electron chi connectivity index (χ4n) is 3.27. The van der Waals surface area contributed by atoms with Gasteiger partial charge >= 0.3 is 0 Å². The summed E-state index contributed by atoms with van der Waals surface area (Å²) in [6.07, 6.45) is 0.451. The number of ether oxygens (including phenoxy) is 1. The van der Waals surface area contributed by atoms with E-state index in [9.17, 15) is 4.79 Å². The average molecular weight is 401 g/mol. The number of rotatable bonds is 6. The maximum atomic E-state index is 12.0. The maximum absolute atomic E-state index is 12.0. The molecule has 0 radical (unpaired) electrons. The summed E-state index contributed by atoms with van der Waals surface area (Å²) in [5.41, 5.74) is 3.02. The molecule has 1 heterocycles. The second kappa shape index (κ2) is 9.46. The maximum Gasteiger partial charge on any atom is 0.225 e. The van der Waals surface area contributed by atoms with E-state index >= 15 is 0 Å². The topological polar surface area (TPSA) is 74.8 Å². The number of halogens is 1. The number of hydrogen-bond acceptors (Lipinski definition) is 3. The molecule has 0 aliphatic carbocycles. The quantitative estimate of drug-likeness (QED) is 0.512. The van der Waals surface area contributed by atoms with E-state index in [1.165, 1.54) is 0 Å². The van der Waals surface area contributed by atoms with Crippen LogP contribution in [0.1, 0.15) is 30.4 Å². The fraction of sp³-hybridized carbons (Fsp3) is 0.333. The molecule has 0 saturated heterocycles. The van der Waals surface area contributed by atoms with E-state index in [0.29, 0.717) is 37.1 Å². The Morgan fingerprint density at radius 2 is 2.11 bits per heavy atom. The zero-order valence-corrected chi connectivity index (χ0v) is 16.8. The average Bonchev–Trinajstić information content (AvgIpc) is 2.69. The molecule has 3 N–H and O–H groups in total. The van der Waals surface area contributed by atoms with E-state index in [2.05, 4.69) is 27.0 Å². The lowest BCUT2D eigenvalue weighted by Gasteiger charge is -2.26. The van der Waals surface area contributed by atoms with Gasteiger partial charge in [-0.3, -0.25) is 9.79 Å². The van der Waals surface area contributed by atoms with Crippen molar-refractivity contribution in [2.45, 2.75) is 25.8 Å². The lowest BCUT2D eigenvalue weighted by Crippen LogP contribution is -2.40. The minimum atomic E-state index is 0.0379. The highest BCUT2D eigenvalue weighted by Crippen LogP contribution is 2.31. The van der Waals surface area contributed by atoms with Crippen LogP contribution in [0.5, 0.6) is 5.75 Å². The summed E-state index contributed by atoms with van der Waals surface area (Å²) >= 11 is 6.06. The van der Waals surface area contributed by atoms with Crippen LogP contribution < -0.4 is 20.7 Å². The van der Waals surface area contributed by atoms with Gasteiger partial charge in [0.05, 0.1) is 6.61 Å². The molecule has 0 saturated carbocycles. The summed E-state index contributed by atoms with van der Waals surface area (Å²) in [6.45, 7) is 3.68. The normalized spacial score (nSPS) is 16.2. The first-order valence-corrected chi connectivity index (χ1v) is 9.73. The highest BCUT2D eigenvalue weighted by molar-refractivity contribution is 6.30. The molecular weight excluding hydrogens is 376 g/mol. The highest BCUT2D eigenvalue weighted by atomic mass is 35.5. The molecule has 3 rings (SSSR count). The van der Waals surface area contributed by atoms with Crippen molar-refractivity contribution in [2.75, 3.05) is 25.5 Å². The minimum Gasteiger partial charge on any atom is -0.493 e. The molecule has 1 unspecified atom stereocenters. The van der Waals surface area contributed by atoms with E-state index in [4.69, 9.17) is 16.3 Å². The van der Waals surface area contributed by atoms with E-state index in [1.807, 2.05) is 43.3 Å². The van der Waals surface area contributed by atoms with Crippen molar-refractivity contribution >= 4 is 29.2 Å². The zero-order chi connectivity index (χ0) is 19.9. The molecule has 1 amide bonds. The van der Waals surface area contributed by atoms with Gasteiger partial charge in [0.1, 0.15) is 5.75 Å². The second-order valence-corrected chi connectivity index (χ2v) is 6.96. The largest absolute Gasteiger partial charge is 0.493 e. The Labute approximate surface area is 170 Å². The number of carbonyl (C=O) groups excluding carboxylic acids is 1. The van der Waals surface area contributed by atoms with E-state index in [-0.39, 0.29) is 11.8 Å². The van der Waals surface area contributed by atoms with E-state index in [1.54, 1.807) is 7.05 Å². The summed E-state index contributed by atoms with van der Waals surface area (Å²) < 4.78 is 5.66. The molecule has 1 aliphatic heterocycles. The van der Waals surface area contributed by atoms with Crippen molar-refractivity contribution in [3.8, 4) is 5.75 Å². The Morgan fingerprint density at radius 3 is 2.89 bits per heavy atom. The van der Waals surface area contributed by atoms with Crippen LogP contribution in [0.25, 0.3) is 0 Å². The number of guanidine groups is 1. The van der Waals surface area contributed by atoms with Crippen LogP contribution in [0, 0.1) is 0 Å². The minimum absolute atomic E-state index is 0.0379. The standard InChI is InChI=1S/C21H25ClN4O2/c1-3-28-19-11-16(22)9-8-14(19)12-24-21(23-2)25-13-15-10-20(27)26-18-7-5-4-6-17(15)18/h4-9,11,15H,3,10,12-13H2,1-2H3,(H,26,27)(H2,23,24,25). The van der Waals surface area contributed by atoms with Crippen LogP contribution in [0.4, 0.5) is 5.69 Å². The van der Waals surface area contributed by atoms with E-state index < -0.39 is 0 Å². The number of anilines is 1. The fourth-order valence-corrected chi connectivity index (χ4v) is 3.43. The van der Waals surface area contributed by atoms with Gasteiger partial charge < -0.3 is 20.7 Å². The van der Waals surface area contributed by atoms with Gasteiger partial charge in [-0.05, 0) is 30.7 Å². The lowest BCUT2D eigenvalue weighted by atomic mass is 9.90. The Kier molecular flexibility index (Phi) is 6.76. The van der Waals surface area contributed by atoms with Crippen LogP contribution in [-0.4, -0.2) is 32.1 Å². The first kappa shape index (κ1) is 20.0. The summed E-state index contributed by atoms with van der Waals surface area (Å²) in [5, 5.41) is 10.2. The first-order chi connectivity index (χ1) is 13.6. The van der Waals surface area contributed by atoms with Crippen molar-refractivity contribution in [1.82, 2.24) is 10.6 Å². The van der Waals surface area contributed by atoms with Gasteiger partial charge in [-0.1, -0.05) is 35.9 Å². The highest BCUT2D eigenvalue weighted by Gasteiger charge is 2.24. The third-order valence-corrected chi connectivity index (χ3v) is 4.86. The summed E-state index contributed by atoms with van der Waals surface area (Å²) in [5.74, 6) is 1.56. The molecule has 0 fully saturated rings. The molecule has 0 aromatic heterocycles. The Morgan fingerprint density at radius 1 is 1.29 bits per heavy atom. The molecule has 2 aromatic carbocycles. The van der Waals surface area contributed by atoms with Gasteiger partial charge in [-0.25, -0.2) is 0 Å². The number of hydrogen-bond donors (Lipinski definition) is 3. The molecular formula is C21H25ClN4O2. The first-order valence-electron chi connectivity index (χ1n) is 9.35. The molecule has 1 atom stereocenters. The number of aliphatic imine (C=N–C) groups is 1. The van der Waals surface area contributed by atoms with Crippen molar-refractivity contribution < 1.29 is 9.53 Å². The van der Waals surface area contributed by atoms with Crippen molar-refractivity contribution in [3.63, 3.8) is 0 Å². The summed E-state index contributed by atoms with van der Waals surface area (Å²) in [6, 6.07) is 13.5. The lowest BCUT2D eigenvalue weighted by molar-refractivity contribution is -0.116. The predicted molar refractivity (Wildman–Crippen MR) is 113 cm³/mol. The molecule has 6 nitrogen and oxygen atoms in total. The predicted octanol–water partition coefficient (Wildman–Crippen LogP) is 3.53. The van der Waals surface area contributed by atoms with Gasteiger partial charge in [0.15, 0.2) is 5.96 Å². The van der Waals surface area contributed by atoms with E-state index in [0.717, 1.165) is 22.6 Å². The number of nitrogens with one attached hydrogen (secondary N) is 3. The molecule has 1 aliphatic rings. The Balaban J connectivity index is 1.61. The Bertz CT molecular complexity index is 869. The van der Waals surface area contributed by atoms with Gasteiger partial charge in [0.2, 0.25) is 5.91 Å². The third kappa shape index (κ3) is 4.95. The number of nitrogens with zero attached hydrogens (tertiary/aromatic N) is 1.